The van der Waals surface area contributed by atoms with Gasteiger partial charge in [-0.3, -0.25) is 0 Å². The van der Waals surface area contributed by atoms with Crippen LogP contribution in [-0.2, 0) is 0 Å². The predicted molar refractivity (Wildman–Crippen MR) is 68.9 cm³/mol. The second-order valence-corrected chi connectivity index (χ2v) is 6.31. The van der Waals surface area contributed by atoms with Crippen molar-refractivity contribution in [3.63, 3.8) is 0 Å². The predicted octanol–water partition coefficient (Wildman–Crippen LogP) is 2.68. The summed E-state index contributed by atoms with van der Waals surface area (Å²) < 4.78 is 4.24. The van der Waals surface area contributed by atoms with Crippen LogP contribution in [0.25, 0.3) is 0 Å². The smallest absolute Gasteiger partial charge is 0.153 e. The van der Waals surface area contributed by atoms with E-state index in [1.807, 2.05) is 0 Å². The lowest BCUT2D eigenvalue weighted by atomic mass is 9.93. The SMILES string of the molecule is CSc1c(N)nsc1N1CCC(C)(C)C1. The number of rotatable bonds is 2. The standard InChI is InChI=1S/C10H17N3S2/c1-10(2)4-5-13(6-10)9-7(14-3)8(11)12-15-9/h4-6H2,1-3H3,(H2,11,12). The van der Waals surface area contributed by atoms with Crippen molar-refractivity contribution in [2.45, 2.75) is 25.2 Å². The Hall–Kier alpha value is -0.420. The van der Waals surface area contributed by atoms with Crippen molar-refractivity contribution in [1.29, 1.82) is 0 Å². The average molecular weight is 243 g/mol. The molecule has 0 bridgehead atoms. The molecule has 1 fully saturated rings. The average Bonchev–Trinajstić information content (AvgIpc) is 2.69. The van der Waals surface area contributed by atoms with Gasteiger partial charge in [0.15, 0.2) is 5.82 Å². The Balaban J connectivity index is 2.24. The molecule has 0 saturated carbocycles. The fourth-order valence-electron chi connectivity index (χ4n) is 1.96. The van der Waals surface area contributed by atoms with Crippen LogP contribution in [0.2, 0.25) is 0 Å². The highest BCUT2D eigenvalue weighted by Gasteiger charge is 2.31. The molecule has 1 aromatic heterocycles. The van der Waals surface area contributed by atoms with E-state index in [0.717, 1.165) is 18.0 Å². The van der Waals surface area contributed by atoms with Gasteiger partial charge in [-0.15, -0.1) is 11.8 Å². The number of hydrogen-bond acceptors (Lipinski definition) is 5. The van der Waals surface area contributed by atoms with Crippen LogP contribution in [0.4, 0.5) is 10.8 Å². The molecule has 0 aliphatic carbocycles. The molecule has 1 aliphatic heterocycles. The lowest BCUT2D eigenvalue weighted by molar-refractivity contribution is 0.418. The molecule has 0 radical (unpaired) electrons. The van der Waals surface area contributed by atoms with Crippen LogP contribution in [0, 0.1) is 5.41 Å². The monoisotopic (exact) mass is 243 g/mol. The fourth-order valence-corrected chi connectivity index (χ4v) is 3.68. The molecule has 1 saturated heterocycles. The van der Waals surface area contributed by atoms with Crippen LogP contribution in [0.3, 0.4) is 0 Å². The quantitative estimate of drug-likeness (QED) is 0.811. The molecule has 5 heteroatoms. The van der Waals surface area contributed by atoms with Gasteiger partial charge in [0.25, 0.3) is 0 Å². The van der Waals surface area contributed by atoms with Crippen molar-refractivity contribution in [2.24, 2.45) is 5.41 Å². The van der Waals surface area contributed by atoms with E-state index in [-0.39, 0.29) is 0 Å². The molecule has 0 amide bonds. The molecule has 1 aromatic rings. The van der Waals surface area contributed by atoms with E-state index in [0.29, 0.717) is 11.2 Å². The van der Waals surface area contributed by atoms with Crippen molar-refractivity contribution in [1.82, 2.24) is 4.37 Å². The largest absolute Gasteiger partial charge is 0.382 e. The van der Waals surface area contributed by atoms with Crippen LogP contribution in [0.1, 0.15) is 20.3 Å². The van der Waals surface area contributed by atoms with Gasteiger partial charge < -0.3 is 10.6 Å². The van der Waals surface area contributed by atoms with Gasteiger partial charge in [0.2, 0.25) is 0 Å². The summed E-state index contributed by atoms with van der Waals surface area (Å²) in [6.45, 7) is 6.87. The third kappa shape index (κ3) is 2.08. The molecule has 84 valence electrons. The van der Waals surface area contributed by atoms with Gasteiger partial charge >= 0.3 is 0 Å². The highest BCUT2D eigenvalue weighted by atomic mass is 32.2. The third-order valence-electron chi connectivity index (χ3n) is 2.83. The van der Waals surface area contributed by atoms with E-state index in [1.54, 1.807) is 11.8 Å². The molecule has 15 heavy (non-hydrogen) atoms. The van der Waals surface area contributed by atoms with Gasteiger partial charge in [-0.2, -0.15) is 4.37 Å². The van der Waals surface area contributed by atoms with Crippen LogP contribution >= 0.6 is 23.3 Å². The summed E-state index contributed by atoms with van der Waals surface area (Å²) in [6, 6.07) is 0. The molecule has 2 N–H and O–H groups in total. The molecule has 0 aromatic carbocycles. The van der Waals surface area contributed by atoms with Gasteiger partial charge in [0.1, 0.15) is 5.00 Å². The van der Waals surface area contributed by atoms with Crippen molar-refractivity contribution in [3.8, 4) is 0 Å². The summed E-state index contributed by atoms with van der Waals surface area (Å²) in [5.74, 6) is 0.687. The molecule has 0 unspecified atom stereocenters. The topological polar surface area (TPSA) is 42.1 Å². The molecule has 2 heterocycles. The highest BCUT2D eigenvalue weighted by Crippen LogP contribution is 2.41. The summed E-state index contributed by atoms with van der Waals surface area (Å²) in [4.78, 5) is 3.57. The van der Waals surface area contributed by atoms with Crippen molar-refractivity contribution in [3.05, 3.63) is 0 Å². The maximum Gasteiger partial charge on any atom is 0.153 e. The second-order valence-electron chi connectivity index (χ2n) is 4.74. The van der Waals surface area contributed by atoms with Crippen molar-refractivity contribution in [2.75, 3.05) is 30.0 Å². The number of nitrogens with two attached hydrogens (primary N) is 1. The van der Waals surface area contributed by atoms with Crippen LogP contribution in [-0.4, -0.2) is 23.7 Å². The zero-order valence-electron chi connectivity index (χ0n) is 9.41. The lowest BCUT2D eigenvalue weighted by Crippen LogP contribution is -2.22. The van der Waals surface area contributed by atoms with Gasteiger partial charge in [-0.25, -0.2) is 0 Å². The number of nitrogens with zero attached hydrogens (tertiary/aromatic N) is 2. The first-order chi connectivity index (χ1) is 7.03. The third-order valence-corrected chi connectivity index (χ3v) is 4.69. The highest BCUT2D eigenvalue weighted by molar-refractivity contribution is 7.99. The number of anilines is 2. The van der Waals surface area contributed by atoms with Crippen molar-refractivity contribution >= 4 is 34.1 Å². The van der Waals surface area contributed by atoms with E-state index in [4.69, 9.17) is 5.73 Å². The first kappa shape index (κ1) is 11.1. The summed E-state index contributed by atoms with van der Waals surface area (Å²) in [5.41, 5.74) is 6.26. The number of nitrogen functional groups attached to an aromatic ring is 1. The van der Waals surface area contributed by atoms with Gasteiger partial charge in [0.05, 0.1) is 4.90 Å². The van der Waals surface area contributed by atoms with Crippen LogP contribution in [0.15, 0.2) is 4.90 Å². The van der Waals surface area contributed by atoms with Gasteiger partial charge in [-0.05, 0) is 29.6 Å². The first-order valence-corrected chi connectivity index (χ1v) is 7.07. The normalized spacial score (nSPS) is 19.8. The number of hydrogen-bond donors (Lipinski definition) is 1. The summed E-state index contributed by atoms with van der Waals surface area (Å²) in [7, 11) is 0. The summed E-state index contributed by atoms with van der Waals surface area (Å²) >= 11 is 3.23. The Morgan fingerprint density at radius 3 is 2.80 bits per heavy atom. The molecule has 0 atom stereocenters. The van der Waals surface area contributed by atoms with E-state index in [9.17, 15) is 0 Å². The lowest BCUT2D eigenvalue weighted by Gasteiger charge is -2.20. The van der Waals surface area contributed by atoms with E-state index in [1.165, 1.54) is 23.0 Å². The van der Waals surface area contributed by atoms with E-state index < -0.39 is 0 Å². The van der Waals surface area contributed by atoms with Gasteiger partial charge in [-0.1, -0.05) is 13.8 Å². The van der Waals surface area contributed by atoms with Crippen molar-refractivity contribution < 1.29 is 0 Å². The second kappa shape index (κ2) is 3.87. The molecular formula is C10H17N3S2. The molecule has 2 rings (SSSR count). The number of aromatic nitrogens is 1. The van der Waals surface area contributed by atoms with Gasteiger partial charge in [0, 0.05) is 13.1 Å². The van der Waals surface area contributed by atoms with E-state index in [2.05, 4.69) is 29.4 Å². The minimum absolute atomic E-state index is 0.425. The van der Waals surface area contributed by atoms with Crippen LogP contribution < -0.4 is 10.6 Å². The molecule has 3 nitrogen and oxygen atoms in total. The Morgan fingerprint density at radius 1 is 1.53 bits per heavy atom. The summed E-state index contributed by atoms with van der Waals surface area (Å²) in [6.07, 6.45) is 3.31. The Kier molecular flexibility index (Phi) is 2.85. The van der Waals surface area contributed by atoms with Crippen LogP contribution in [0.5, 0.6) is 0 Å². The maximum atomic E-state index is 5.84. The number of thioether (sulfide) groups is 1. The Morgan fingerprint density at radius 2 is 2.27 bits per heavy atom. The Bertz CT molecular complexity index is 360. The molecule has 1 aliphatic rings. The van der Waals surface area contributed by atoms with E-state index >= 15 is 0 Å². The molecular weight excluding hydrogens is 226 g/mol. The zero-order valence-corrected chi connectivity index (χ0v) is 11.0. The maximum absolute atomic E-state index is 5.84. The zero-order chi connectivity index (χ0) is 11.1. The molecule has 0 spiro atoms. The minimum atomic E-state index is 0.425. The minimum Gasteiger partial charge on any atom is -0.382 e. The summed E-state index contributed by atoms with van der Waals surface area (Å²) in [5, 5.41) is 1.26. The fraction of sp³-hybridized carbons (Fsp3) is 0.700. The first-order valence-electron chi connectivity index (χ1n) is 5.07. The Labute approximate surface area is 99.2 Å².